The van der Waals surface area contributed by atoms with E-state index in [-0.39, 0.29) is 36.2 Å². The first-order valence-corrected chi connectivity index (χ1v) is 9.56. The Labute approximate surface area is 164 Å². The van der Waals surface area contributed by atoms with Gasteiger partial charge in [-0.25, -0.2) is 4.98 Å². The van der Waals surface area contributed by atoms with Gasteiger partial charge < -0.3 is 15.2 Å². The summed E-state index contributed by atoms with van der Waals surface area (Å²) in [6.45, 7) is 4.13. The fourth-order valence-electron chi connectivity index (χ4n) is 3.87. The van der Waals surface area contributed by atoms with E-state index in [1.165, 1.54) is 0 Å². The van der Waals surface area contributed by atoms with Crippen LogP contribution < -0.4 is 10.6 Å². The van der Waals surface area contributed by atoms with Crippen LogP contribution in [-0.4, -0.2) is 21.4 Å². The molecule has 0 saturated carbocycles. The first-order valence-electron chi connectivity index (χ1n) is 9.56. The van der Waals surface area contributed by atoms with Crippen LogP contribution in [0, 0.1) is 5.92 Å². The van der Waals surface area contributed by atoms with Crippen LogP contribution in [-0.2, 0) is 11.8 Å². The molecule has 0 fully saturated rings. The lowest BCUT2D eigenvalue weighted by Crippen LogP contribution is -2.35. The summed E-state index contributed by atoms with van der Waals surface area (Å²) in [5.74, 6) is 0.780. The number of benzene rings is 2. The van der Waals surface area contributed by atoms with Crippen LogP contribution in [0.1, 0.15) is 54.1 Å². The number of rotatable bonds is 5. The van der Waals surface area contributed by atoms with Gasteiger partial charge in [-0.15, -0.1) is 0 Å². The van der Waals surface area contributed by atoms with Gasteiger partial charge in [0.1, 0.15) is 5.82 Å². The van der Waals surface area contributed by atoms with Crippen LogP contribution in [0.15, 0.2) is 48.5 Å². The standard InChI is InChI=1S/C22H24N4O2/c1-13(2)20(21-23-16-10-6-7-11-18(16)26(21)3)25-19(27)12-17-14-8-4-5-9-15(14)22(28)24-17/h4-11,13,17,20H,12H2,1-3H3,(H,24,28)(H,25,27)/t17?,20-/m0/s1. The monoisotopic (exact) mass is 376 g/mol. The Balaban J connectivity index is 1.55. The number of imidazole rings is 1. The van der Waals surface area contributed by atoms with Crippen LogP contribution in [0.25, 0.3) is 11.0 Å². The predicted octanol–water partition coefficient (Wildman–Crippen LogP) is 3.26. The number of aromatic nitrogens is 2. The number of para-hydroxylation sites is 2. The summed E-state index contributed by atoms with van der Waals surface area (Å²) in [7, 11) is 1.97. The number of nitrogens with zero attached hydrogens (tertiary/aromatic N) is 2. The first-order chi connectivity index (χ1) is 13.5. The second-order valence-electron chi connectivity index (χ2n) is 7.62. The highest BCUT2D eigenvalue weighted by Gasteiger charge is 2.31. The Morgan fingerprint density at radius 2 is 1.89 bits per heavy atom. The van der Waals surface area contributed by atoms with Crippen LogP contribution in [0.5, 0.6) is 0 Å². The molecule has 1 aliphatic rings. The molecular weight excluding hydrogens is 352 g/mol. The van der Waals surface area contributed by atoms with Crippen molar-refractivity contribution in [2.45, 2.75) is 32.4 Å². The van der Waals surface area contributed by atoms with Crippen LogP contribution >= 0.6 is 0 Å². The summed E-state index contributed by atoms with van der Waals surface area (Å²) in [6.07, 6.45) is 0.204. The lowest BCUT2D eigenvalue weighted by Gasteiger charge is -2.23. The van der Waals surface area contributed by atoms with Crippen molar-refractivity contribution in [3.63, 3.8) is 0 Å². The molecule has 4 rings (SSSR count). The quantitative estimate of drug-likeness (QED) is 0.718. The fourth-order valence-corrected chi connectivity index (χ4v) is 3.87. The maximum absolute atomic E-state index is 12.8. The van der Waals surface area contributed by atoms with E-state index in [0.29, 0.717) is 5.56 Å². The zero-order valence-corrected chi connectivity index (χ0v) is 16.3. The van der Waals surface area contributed by atoms with Gasteiger partial charge in [-0.1, -0.05) is 44.2 Å². The highest BCUT2D eigenvalue weighted by Crippen LogP contribution is 2.29. The Bertz CT molecular complexity index is 1050. The number of nitrogens with one attached hydrogen (secondary N) is 2. The second kappa shape index (κ2) is 7.11. The van der Waals surface area contributed by atoms with E-state index in [0.717, 1.165) is 22.4 Å². The van der Waals surface area contributed by atoms with E-state index in [9.17, 15) is 9.59 Å². The lowest BCUT2D eigenvalue weighted by molar-refractivity contribution is -0.122. The van der Waals surface area contributed by atoms with Crippen molar-refractivity contribution in [1.29, 1.82) is 0 Å². The topological polar surface area (TPSA) is 76.0 Å². The SMILES string of the molecule is CC(C)[C@H](NC(=O)CC1NC(=O)c2ccccc21)c1nc2ccccc2n1C. The summed E-state index contributed by atoms with van der Waals surface area (Å²) in [6, 6.07) is 14.9. The van der Waals surface area contributed by atoms with Crippen molar-refractivity contribution >= 4 is 22.8 Å². The third kappa shape index (κ3) is 3.15. The molecule has 0 spiro atoms. The van der Waals surface area contributed by atoms with E-state index in [1.807, 2.05) is 54.1 Å². The van der Waals surface area contributed by atoms with Crippen LogP contribution in [0.3, 0.4) is 0 Å². The third-order valence-corrected chi connectivity index (χ3v) is 5.36. The largest absolute Gasteiger partial charge is 0.346 e. The maximum Gasteiger partial charge on any atom is 0.252 e. The van der Waals surface area contributed by atoms with Crippen molar-refractivity contribution in [3.05, 3.63) is 65.5 Å². The Kier molecular flexibility index (Phi) is 4.63. The summed E-state index contributed by atoms with van der Waals surface area (Å²) >= 11 is 0. The van der Waals surface area contributed by atoms with Gasteiger partial charge in [-0.2, -0.15) is 0 Å². The minimum absolute atomic E-state index is 0.104. The number of fused-ring (bicyclic) bond motifs is 2. The van der Waals surface area contributed by atoms with E-state index < -0.39 is 0 Å². The number of amides is 2. The molecule has 6 heteroatoms. The molecule has 2 N–H and O–H groups in total. The summed E-state index contributed by atoms with van der Waals surface area (Å²) in [5, 5.41) is 6.04. The van der Waals surface area contributed by atoms with Gasteiger partial charge >= 0.3 is 0 Å². The van der Waals surface area contributed by atoms with Gasteiger partial charge in [-0.05, 0) is 29.7 Å². The van der Waals surface area contributed by atoms with Crippen molar-refractivity contribution < 1.29 is 9.59 Å². The number of carbonyl (C=O) groups excluding carboxylic acids is 2. The number of aryl methyl sites for hydroxylation is 1. The number of carbonyl (C=O) groups is 2. The minimum Gasteiger partial charge on any atom is -0.346 e. The average Bonchev–Trinajstić information content (AvgIpc) is 3.18. The van der Waals surface area contributed by atoms with E-state index in [4.69, 9.17) is 4.98 Å². The molecular formula is C22H24N4O2. The molecule has 1 aromatic heterocycles. The zero-order chi connectivity index (χ0) is 19.8. The molecule has 0 aliphatic carbocycles. The highest BCUT2D eigenvalue weighted by molar-refractivity contribution is 5.99. The molecule has 2 aromatic carbocycles. The van der Waals surface area contributed by atoms with E-state index >= 15 is 0 Å². The molecule has 0 saturated heterocycles. The summed E-state index contributed by atoms with van der Waals surface area (Å²) < 4.78 is 2.03. The molecule has 1 aliphatic heterocycles. The minimum atomic E-state index is -0.294. The second-order valence-corrected chi connectivity index (χ2v) is 7.62. The molecule has 6 nitrogen and oxygen atoms in total. The van der Waals surface area contributed by atoms with E-state index in [1.54, 1.807) is 6.07 Å². The molecule has 2 atom stereocenters. The van der Waals surface area contributed by atoms with Gasteiger partial charge in [0, 0.05) is 12.6 Å². The molecule has 1 unspecified atom stereocenters. The normalized spacial score (nSPS) is 16.9. The van der Waals surface area contributed by atoms with Gasteiger partial charge in [0.15, 0.2) is 0 Å². The Hall–Kier alpha value is -3.15. The molecule has 2 heterocycles. The van der Waals surface area contributed by atoms with Gasteiger partial charge in [0.2, 0.25) is 5.91 Å². The van der Waals surface area contributed by atoms with Crippen molar-refractivity contribution in [3.8, 4) is 0 Å². The zero-order valence-electron chi connectivity index (χ0n) is 16.3. The highest BCUT2D eigenvalue weighted by atomic mass is 16.2. The maximum atomic E-state index is 12.8. The molecule has 0 radical (unpaired) electrons. The van der Waals surface area contributed by atoms with Gasteiger partial charge in [0.25, 0.3) is 5.91 Å². The van der Waals surface area contributed by atoms with Crippen molar-refractivity contribution in [1.82, 2.24) is 20.2 Å². The number of hydrogen-bond acceptors (Lipinski definition) is 3. The molecule has 28 heavy (non-hydrogen) atoms. The van der Waals surface area contributed by atoms with Gasteiger partial charge in [-0.3, -0.25) is 9.59 Å². The van der Waals surface area contributed by atoms with Crippen molar-refractivity contribution in [2.75, 3.05) is 0 Å². The fraction of sp³-hybridized carbons (Fsp3) is 0.318. The van der Waals surface area contributed by atoms with Gasteiger partial charge in [0.05, 0.1) is 29.5 Å². The third-order valence-electron chi connectivity index (χ3n) is 5.36. The lowest BCUT2D eigenvalue weighted by atomic mass is 10.0. The predicted molar refractivity (Wildman–Crippen MR) is 108 cm³/mol. The molecule has 0 bridgehead atoms. The summed E-state index contributed by atoms with van der Waals surface area (Å²) in [5.41, 5.74) is 3.48. The first kappa shape index (κ1) is 18.2. The molecule has 3 aromatic rings. The smallest absolute Gasteiger partial charge is 0.252 e. The molecule has 2 amide bonds. The molecule has 144 valence electrons. The summed E-state index contributed by atoms with van der Waals surface area (Å²) in [4.78, 5) is 29.7. The van der Waals surface area contributed by atoms with Crippen LogP contribution in [0.4, 0.5) is 0 Å². The van der Waals surface area contributed by atoms with Crippen LogP contribution in [0.2, 0.25) is 0 Å². The Morgan fingerprint density at radius 1 is 1.18 bits per heavy atom. The average molecular weight is 376 g/mol. The number of hydrogen-bond donors (Lipinski definition) is 2. The van der Waals surface area contributed by atoms with E-state index in [2.05, 4.69) is 24.5 Å². The van der Waals surface area contributed by atoms with Crippen molar-refractivity contribution in [2.24, 2.45) is 13.0 Å². The Morgan fingerprint density at radius 3 is 2.64 bits per heavy atom.